The van der Waals surface area contributed by atoms with Crippen LogP contribution >= 0.6 is 0 Å². The predicted molar refractivity (Wildman–Crippen MR) is 29.2 cm³/mol. The molecule has 0 amide bonds. The fourth-order valence-electron chi connectivity index (χ4n) is 0.712. The first-order valence-electron chi connectivity index (χ1n) is 2.74. The first-order chi connectivity index (χ1) is 3.69. The molecule has 0 saturated carbocycles. The Bertz CT molecular complexity index is 138. The van der Waals surface area contributed by atoms with Crippen LogP contribution in [0.25, 0.3) is 0 Å². The van der Waals surface area contributed by atoms with Gasteiger partial charge in [0.1, 0.15) is 5.60 Å². The van der Waals surface area contributed by atoms with Crippen molar-refractivity contribution in [1.82, 2.24) is 0 Å². The molecule has 0 aromatic carbocycles. The van der Waals surface area contributed by atoms with Gasteiger partial charge in [0.15, 0.2) is 0 Å². The highest BCUT2D eigenvalue weighted by Crippen LogP contribution is 2.37. The number of nitrogens with zero attached hydrogens (tertiary/aromatic N) is 1. The average Bonchev–Trinajstić information content (AvgIpc) is 2.16. The van der Waals surface area contributed by atoms with E-state index in [0.29, 0.717) is 12.5 Å². The van der Waals surface area contributed by atoms with Gasteiger partial charge in [0.2, 0.25) is 0 Å². The fraction of sp³-hybridized carbons (Fsp3) is 0.833. The van der Waals surface area contributed by atoms with Gasteiger partial charge in [-0.1, -0.05) is 0 Å². The van der Waals surface area contributed by atoms with E-state index in [1.807, 2.05) is 13.8 Å². The van der Waals surface area contributed by atoms with Crippen LogP contribution in [0, 0.1) is 11.3 Å². The van der Waals surface area contributed by atoms with Crippen LogP contribution in [0.4, 0.5) is 0 Å². The van der Waals surface area contributed by atoms with Gasteiger partial charge in [-0.15, -0.1) is 0 Å². The Balaban J connectivity index is 2.38. The molecule has 2 atom stereocenters. The molecule has 2 nitrogen and oxygen atoms in total. The minimum absolute atomic E-state index is 0.102. The Kier molecular flexibility index (Phi) is 1.02. The smallest absolute Gasteiger partial charge is 0.105 e. The lowest BCUT2D eigenvalue weighted by atomic mass is 10.1. The van der Waals surface area contributed by atoms with Gasteiger partial charge in [-0.25, -0.2) is 0 Å². The van der Waals surface area contributed by atoms with Crippen LogP contribution in [-0.4, -0.2) is 11.7 Å². The Morgan fingerprint density at radius 3 is 2.50 bits per heavy atom. The van der Waals surface area contributed by atoms with Crippen molar-refractivity contribution in [1.29, 1.82) is 5.26 Å². The second kappa shape index (κ2) is 1.46. The van der Waals surface area contributed by atoms with Gasteiger partial charge < -0.3 is 4.74 Å². The number of ether oxygens (including phenoxy) is 1. The lowest BCUT2D eigenvalue weighted by Gasteiger charge is -1.92. The number of hydrogen-bond donors (Lipinski definition) is 0. The van der Waals surface area contributed by atoms with Crippen molar-refractivity contribution >= 4 is 0 Å². The van der Waals surface area contributed by atoms with Crippen molar-refractivity contribution in [2.75, 3.05) is 0 Å². The summed E-state index contributed by atoms with van der Waals surface area (Å²) in [6.07, 6.45) is 0.816. The summed E-state index contributed by atoms with van der Waals surface area (Å²) in [5, 5.41) is 8.23. The minimum Gasteiger partial charge on any atom is -0.366 e. The molecule has 1 aliphatic heterocycles. The van der Waals surface area contributed by atoms with Gasteiger partial charge in [-0.2, -0.15) is 5.26 Å². The van der Waals surface area contributed by atoms with Crippen molar-refractivity contribution in [3.63, 3.8) is 0 Å². The largest absolute Gasteiger partial charge is 0.366 e. The van der Waals surface area contributed by atoms with Crippen LogP contribution in [0.3, 0.4) is 0 Å². The molecule has 1 rings (SSSR count). The van der Waals surface area contributed by atoms with E-state index in [-0.39, 0.29) is 5.60 Å². The van der Waals surface area contributed by atoms with Crippen LogP contribution in [0.2, 0.25) is 0 Å². The number of nitriles is 1. The Morgan fingerprint density at radius 2 is 2.38 bits per heavy atom. The SMILES string of the molecule is CC1OC1(C)CC#N. The summed E-state index contributed by atoms with van der Waals surface area (Å²) in [7, 11) is 0. The summed E-state index contributed by atoms with van der Waals surface area (Å²) in [5.41, 5.74) is -0.102. The van der Waals surface area contributed by atoms with E-state index in [1.165, 1.54) is 0 Å². The van der Waals surface area contributed by atoms with E-state index < -0.39 is 0 Å². The third-order valence-corrected chi connectivity index (χ3v) is 1.68. The van der Waals surface area contributed by atoms with Gasteiger partial charge in [-0.3, -0.25) is 0 Å². The van der Waals surface area contributed by atoms with Crippen molar-refractivity contribution < 1.29 is 4.74 Å². The molecule has 1 saturated heterocycles. The van der Waals surface area contributed by atoms with E-state index in [0.717, 1.165) is 0 Å². The fourth-order valence-corrected chi connectivity index (χ4v) is 0.712. The maximum absolute atomic E-state index is 8.23. The summed E-state index contributed by atoms with van der Waals surface area (Å²) >= 11 is 0. The lowest BCUT2D eigenvalue weighted by Crippen LogP contribution is -2.05. The zero-order valence-corrected chi connectivity index (χ0v) is 5.14. The molecule has 2 unspecified atom stereocenters. The number of epoxide rings is 1. The third kappa shape index (κ3) is 0.696. The normalized spacial score (nSPS) is 43.4. The molecular formula is C6H9NO. The van der Waals surface area contributed by atoms with Crippen molar-refractivity contribution in [3.8, 4) is 6.07 Å². The number of hydrogen-bond acceptors (Lipinski definition) is 2. The van der Waals surface area contributed by atoms with Gasteiger partial charge in [-0.05, 0) is 13.8 Å². The summed E-state index contributed by atoms with van der Waals surface area (Å²) in [5.74, 6) is 0. The molecule has 0 aromatic heterocycles. The van der Waals surface area contributed by atoms with Gasteiger partial charge in [0, 0.05) is 0 Å². The van der Waals surface area contributed by atoms with Crippen molar-refractivity contribution in [3.05, 3.63) is 0 Å². The molecule has 8 heavy (non-hydrogen) atoms. The van der Waals surface area contributed by atoms with Crippen LogP contribution < -0.4 is 0 Å². The highest BCUT2D eigenvalue weighted by Gasteiger charge is 2.48. The minimum atomic E-state index is -0.102. The first-order valence-corrected chi connectivity index (χ1v) is 2.74. The van der Waals surface area contributed by atoms with Crippen LogP contribution in [-0.2, 0) is 4.74 Å². The zero-order valence-electron chi connectivity index (χ0n) is 5.14. The highest BCUT2D eigenvalue weighted by molar-refractivity contribution is 5.01. The summed E-state index contributed by atoms with van der Waals surface area (Å²) in [6, 6.07) is 2.08. The molecule has 2 heteroatoms. The predicted octanol–water partition coefficient (Wildman–Crippen LogP) is 1.08. The molecule has 44 valence electrons. The highest BCUT2D eigenvalue weighted by atomic mass is 16.6. The molecule has 1 fully saturated rings. The first kappa shape index (κ1) is 5.58. The van der Waals surface area contributed by atoms with E-state index in [1.54, 1.807) is 0 Å². The second-order valence-corrected chi connectivity index (χ2v) is 2.41. The molecule has 0 aliphatic carbocycles. The zero-order chi connectivity index (χ0) is 6.20. The summed E-state index contributed by atoms with van der Waals surface area (Å²) in [4.78, 5) is 0. The summed E-state index contributed by atoms with van der Waals surface area (Å²) in [6.45, 7) is 3.94. The van der Waals surface area contributed by atoms with Crippen molar-refractivity contribution in [2.24, 2.45) is 0 Å². The second-order valence-electron chi connectivity index (χ2n) is 2.41. The van der Waals surface area contributed by atoms with Crippen molar-refractivity contribution in [2.45, 2.75) is 32.0 Å². The average molecular weight is 111 g/mol. The third-order valence-electron chi connectivity index (χ3n) is 1.68. The topological polar surface area (TPSA) is 36.3 Å². The van der Waals surface area contributed by atoms with E-state index in [2.05, 4.69) is 6.07 Å². The number of rotatable bonds is 1. The standard InChI is InChI=1S/C6H9NO/c1-5-6(2,8-5)3-4-7/h5H,3H2,1-2H3. The Hall–Kier alpha value is -0.550. The van der Waals surface area contributed by atoms with E-state index >= 15 is 0 Å². The molecular weight excluding hydrogens is 102 g/mol. The molecule has 1 aliphatic rings. The quantitative estimate of drug-likeness (QED) is 0.474. The van der Waals surface area contributed by atoms with Gasteiger partial charge in [0.25, 0.3) is 0 Å². The Morgan fingerprint density at radius 1 is 1.88 bits per heavy atom. The van der Waals surface area contributed by atoms with E-state index in [9.17, 15) is 0 Å². The van der Waals surface area contributed by atoms with Gasteiger partial charge in [0.05, 0.1) is 18.6 Å². The molecule has 0 bridgehead atoms. The van der Waals surface area contributed by atoms with Crippen LogP contribution in [0.5, 0.6) is 0 Å². The van der Waals surface area contributed by atoms with E-state index in [4.69, 9.17) is 10.00 Å². The molecule has 1 heterocycles. The van der Waals surface area contributed by atoms with Crippen LogP contribution in [0.1, 0.15) is 20.3 Å². The maximum atomic E-state index is 8.23. The molecule has 0 radical (unpaired) electrons. The molecule has 0 N–H and O–H groups in total. The Labute approximate surface area is 49.1 Å². The van der Waals surface area contributed by atoms with Crippen LogP contribution in [0.15, 0.2) is 0 Å². The summed E-state index contributed by atoms with van der Waals surface area (Å²) < 4.78 is 5.12. The monoisotopic (exact) mass is 111 g/mol. The maximum Gasteiger partial charge on any atom is 0.105 e. The lowest BCUT2D eigenvalue weighted by molar-refractivity contribution is 0.315. The van der Waals surface area contributed by atoms with Gasteiger partial charge >= 0.3 is 0 Å². The molecule has 0 aromatic rings. The molecule has 0 spiro atoms.